The minimum atomic E-state index is -1.08. The lowest BCUT2D eigenvalue weighted by Crippen LogP contribution is -2.23. The first kappa shape index (κ1) is 13.6. The van der Waals surface area contributed by atoms with E-state index in [1.54, 1.807) is 0 Å². The summed E-state index contributed by atoms with van der Waals surface area (Å²) in [6, 6.07) is 11.3. The van der Waals surface area contributed by atoms with E-state index in [9.17, 15) is 9.18 Å². The van der Waals surface area contributed by atoms with Gasteiger partial charge in [0.1, 0.15) is 5.82 Å². The Morgan fingerprint density at radius 3 is 2.90 bits per heavy atom. The van der Waals surface area contributed by atoms with E-state index in [1.807, 2.05) is 24.3 Å². The monoisotopic (exact) mass is 287 g/mol. The Kier molecular flexibility index (Phi) is 3.58. The van der Waals surface area contributed by atoms with Gasteiger partial charge >= 0.3 is 5.97 Å². The Morgan fingerprint density at radius 1 is 1.29 bits per heavy atom. The topological polar surface area (TPSA) is 58.6 Å². The van der Waals surface area contributed by atoms with Gasteiger partial charge < -0.3 is 15.2 Å². The number of fused-ring (bicyclic) bond motifs is 1. The van der Waals surface area contributed by atoms with E-state index < -0.39 is 11.8 Å². The molecule has 1 unspecified atom stereocenters. The molecule has 4 nitrogen and oxygen atoms in total. The summed E-state index contributed by atoms with van der Waals surface area (Å²) in [7, 11) is 0. The molecule has 0 saturated carbocycles. The Bertz CT molecular complexity index is 687. The molecule has 0 saturated heterocycles. The normalized spacial score (nSPS) is 17.1. The van der Waals surface area contributed by atoms with Crippen LogP contribution in [0.5, 0.6) is 0 Å². The number of carboxylic acids is 1. The first-order valence-electron chi connectivity index (χ1n) is 6.60. The van der Waals surface area contributed by atoms with Crippen LogP contribution in [0.2, 0.25) is 0 Å². The highest BCUT2D eigenvalue weighted by Crippen LogP contribution is 2.29. The van der Waals surface area contributed by atoms with Gasteiger partial charge in [-0.3, -0.25) is 0 Å². The summed E-state index contributed by atoms with van der Waals surface area (Å²) in [6.45, 7) is 0.944. The largest absolute Gasteiger partial charge is 0.478 e. The standard InChI is InChI=1S/C16H14FNO3/c17-13-6-5-10(16(19)20)7-14(13)18-15-9-21-8-11-3-1-2-4-12(11)15/h1-7,15,18H,8-9H2,(H,19,20). The van der Waals surface area contributed by atoms with Gasteiger partial charge in [0.25, 0.3) is 0 Å². The molecule has 1 heterocycles. The van der Waals surface area contributed by atoms with Crippen LogP contribution >= 0.6 is 0 Å². The van der Waals surface area contributed by atoms with Crippen molar-refractivity contribution in [3.05, 3.63) is 65.0 Å². The summed E-state index contributed by atoms with van der Waals surface area (Å²) < 4.78 is 19.4. The van der Waals surface area contributed by atoms with E-state index in [0.29, 0.717) is 13.2 Å². The quantitative estimate of drug-likeness (QED) is 0.910. The Morgan fingerprint density at radius 2 is 2.10 bits per heavy atom. The van der Waals surface area contributed by atoms with Crippen LogP contribution in [-0.4, -0.2) is 17.7 Å². The second-order valence-corrected chi connectivity index (χ2v) is 4.91. The van der Waals surface area contributed by atoms with Crippen LogP contribution in [0.15, 0.2) is 42.5 Å². The van der Waals surface area contributed by atoms with Crippen LogP contribution in [0.4, 0.5) is 10.1 Å². The molecule has 0 fully saturated rings. The van der Waals surface area contributed by atoms with Crippen LogP contribution < -0.4 is 5.32 Å². The number of rotatable bonds is 3. The third kappa shape index (κ3) is 2.73. The molecule has 1 aliphatic heterocycles. The molecule has 0 radical (unpaired) electrons. The number of aromatic carboxylic acids is 1. The fourth-order valence-corrected chi connectivity index (χ4v) is 2.46. The van der Waals surface area contributed by atoms with Crippen molar-refractivity contribution in [1.29, 1.82) is 0 Å². The average molecular weight is 287 g/mol. The predicted molar refractivity (Wildman–Crippen MR) is 75.8 cm³/mol. The molecular formula is C16H14FNO3. The van der Waals surface area contributed by atoms with Crippen molar-refractivity contribution in [1.82, 2.24) is 0 Å². The second-order valence-electron chi connectivity index (χ2n) is 4.91. The highest BCUT2D eigenvalue weighted by molar-refractivity contribution is 5.88. The van der Waals surface area contributed by atoms with Crippen molar-refractivity contribution in [3.8, 4) is 0 Å². The molecule has 2 aromatic rings. The molecule has 0 aromatic heterocycles. The number of carbonyl (C=O) groups is 1. The predicted octanol–water partition coefficient (Wildman–Crippen LogP) is 3.21. The van der Waals surface area contributed by atoms with Gasteiger partial charge in [0.2, 0.25) is 0 Å². The van der Waals surface area contributed by atoms with Gasteiger partial charge in [0, 0.05) is 0 Å². The molecule has 3 rings (SSSR count). The first-order valence-corrected chi connectivity index (χ1v) is 6.60. The number of ether oxygens (including phenoxy) is 1. The minimum absolute atomic E-state index is 0.0453. The highest BCUT2D eigenvalue weighted by atomic mass is 19.1. The molecule has 0 bridgehead atoms. The number of halogens is 1. The van der Waals surface area contributed by atoms with Crippen molar-refractivity contribution in [3.63, 3.8) is 0 Å². The zero-order chi connectivity index (χ0) is 14.8. The first-order chi connectivity index (χ1) is 10.1. The van der Waals surface area contributed by atoms with Crippen molar-refractivity contribution in [2.45, 2.75) is 12.6 Å². The zero-order valence-corrected chi connectivity index (χ0v) is 11.2. The summed E-state index contributed by atoms with van der Waals surface area (Å²) in [5.74, 6) is -1.57. The van der Waals surface area contributed by atoms with E-state index in [1.165, 1.54) is 12.1 Å². The second kappa shape index (κ2) is 5.54. The van der Waals surface area contributed by atoms with Gasteiger partial charge in [-0.05, 0) is 29.3 Å². The van der Waals surface area contributed by atoms with Gasteiger partial charge in [-0.15, -0.1) is 0 Å². The maximum atomic E-state index is 13.9. The molecule has 0 spiro atoms. The van der Waals surface area contributed by atoms with Crippen LogP contribution in [0.3, 0.4) is 0 Å². The smallest absolute Gasteiger partial charge is 0.335 e. The van der Waals surface area contributed by atoms with Gasteiger partial charge in [-0.1, -0.05) is 24.3 Å². The molecule has 2 N–H and O–H groups in total. The van der Waals surface area contributed by atoms with Crippen LogP contribution in [-0.2, 0) is 11.3 Å². The average Bonchev–Trinajstić information content (AvgIpc) is 2.49. The molecular weight excluding hydrogens is 273 g/mol. The van der Waals surface area contributed by atoms with Gasteiger partial charge in [0.05, 0.1) is 30.5 Å². The van der Waals surface area contributed by atoms with E-state index in [2.05, 4.69) is 5.32 Å². The zero-order valence-electron chi connectivity index (χ0n) is 11.2. The third-order valence-corrected chi connectivity index (χ3v) is 3.52. The highest BCUT2D eigenvalue weighted by Gasteiger charge is 2.21. The van der Waals surface area contributed by atoms with E-state index in [4.69, 9.17) is 9.84 Å². The lowest BCUT2D eigenvalue weighted by Gasteiger charge is -2.27. The molecule has 0 aliphatic carbocycles. The summed E-state index contributed by atoms with van der Waals surface area (Å²) in [5, 5.41) is 12.0. The Labute approximate surface area is 121 Å². The fraction of sp³-hybridized carbons (Fsp3) is 0.188. The minimum Gasteiger partial charge on any atom is -0.478 e. The summed E-state index contributed by atoms with van der Waals surface area (Å²) in [6.07, 6.45) is 0. The van der Waals surface area contributed by atoms with Gasteiger partial charge in [-0.2, -0.15) is 0 Å². The number of benzene rings is 2. The number of carboxylic acid groups (broad SMARTS) is 1. The molecule has 1 aliphatic rings. The van der Waals surface area contributed by atoms with E-state index in [0.717, 1.165) is 17.2 Å². The van der Waals surface area contributed by atoms with Crippen LogP contribution in [0.25, 0.3) is 0 Å². The Balaban J connectivity index is 1.91. The lowest BCUT2D eigenvalue weighted by atomic mass is 9.98. The van der Waals surface area contributed by atoms with Crippen molar-refractivity contribution >= 4 is 11.7 Å². The molecule has 21 heavy (non-hydrogen) atoms. The van der Waals surface area contributed by atoms with Crippen molar-refractivity contribution < 1.29 is 19.0 Å². The molecule has 0 amide bonds. The lowest BCUT2D eigenvalue weighted by molar-refractivity contribution is 0.0697. The molecule has 1 atom stereocenters. The van der Waals surface area contributed by atoms with Crippen molar-refractivity contribution in [2.75, 3.05) is 11.9 Å². The maximum Gasteiger partial charge on any atom is 0.335 e. The van der Waals surface area contributed by atoms with Crippen molar-refractivity contribution in [2.24, 2.45) is 0 Å². The third-order valence-electron chi connectivity index (χ3n) is 3.52. The summed E-state index contributed by atoms with van der Waals surface area (Å²) in [4.78, 5) is 11.0. The number of anilines is 1. The van der Waals surface area contributed by atoms with E-state index in [-0.39, 0.29) is 17.3 Å². The SMILES string of the molecule is O=C(O)c1ccc(F)c(NC2COCc3ccccc32)c1. The molecule has 108 valence electrons. The van der Waals surface area contributed by atoms with Crippen LogP contribution in [0, 0.1) is 5.82 Å². The van der Waals surface area contributed by atoms with Gasteiger partial charge in [-0.25, -0.2) is 9.18 Å². The fourth-order valence-electron chi connectivity index (χ4n) is 2.46. The summed E-state index contributed by atoms with van der Waals surface area (Å²) >= 11 is 0. The Hall–Kier alpha value is -2.40. The number of hydrogen-bond acceptors (Lipinski definition) is 3. The van der Waals surface area contributed by atoms with Gasteiger partial charge in [0.15, 0.2) is 0 Å². The number of nitrogens with one attached hydrogen (secondary N) is 1. The van der Waals surface area contributed by atoms with E-state index >= 15 is 0 Å². The maximum absolute atomic E-state index is 13.9. The molecule has 2 aromatic carbocycles. The van der Waals surface area contributed by atoms with Crippen LogP contribution in [0.1, 0.15) is 27.5 Å². The number of hydrogen-bond donors (Lipinski definition) is 2. The summed E-state index contributed by atoms with van der Waals surface area (Å²) in [5.41, 5.74) is 2.31. The molecule has 5 heteroatoms.